The predicted molar refractivity (Wildman–Crippen MR) is 88.9 cm³/mol. The van der Waals surface area contributed by atoms with Crippen LogP contribution in [0.5, 0.6) is 5.75 Å². The highest BCUT2D eigenvalue weighted by Gasteiger charge is 2.10. The molecule has 1 unspecified atom stereocenters. The molecular formula is C19H25NO. The Morgan fingerprint density at radius 2 is 1.57 bits per heavy atom. The van der Waals surface area contributed by atoms with Gasteiger partial charge in [-0.25, -0.2) is 0 Å². The van der Waals surface area contributed by atoms with Crippen molar-refractivity contribution in [2.24, 2.45) is 5.73 Å². The summed E-state index contributed by atoms with van der Waals surface area (Å²) in [5.41, 5.74) is 12.9. The first-order chi connectivity index (χ1) is 10.0. The van der Waals surface area contributed by atoms with E-state index in [2.05, 4.69) is 45.0 Å². The summed E-state index contributed by atoms with van der Waals surface area (Å²) in [6.45, 7) is 6.44. The molecule has 2 aromatic rings. The Kier molecular flexibility index (Phi) is 5.03. The van der Waals surface area contributed by atoms with Crippen LogP contribution in [0.2, 0.25) is 0 Å². The van der Waals surface area contributed by atoms with Gasteiger partial charge in [0, 0.05) is 6.04 Å². The van der Waals surface area contributed by atoms with E-state index in [1.54, 1.807) is 7.11 Å². The Morgan fingerprint density at radius 3 is 2.19 bits per heavy atom. The maximum absolute atomic E-state index is 6.39. The van der Waals surface area contributed by atoms with Crippen molar-refractivity contribution in [1.29, 1.82) is 0 Å². The largest absolute Gasteiger partial charge is 0.497 e. The second kappa shape index (κ2) is 6.77. The second-order valence-corrected chi connectivity index (χ2v) is 5.79. The lowest BCUT2D eigenvalue weighted by Crippen LogP contribution is -2.13. The quantitative estimate of drug-likeness (QED) is 0.890. The van der Waals surface area contributed by atoms with Crippen LogP contribution in [0, 0.1) is 20.8 Å². The first kappa shape index (κ1) is 15.6. The molecule has 0 spiro atoms. The van der Waals surface area contributed by atoms with Gasteiger partial charge in [-0.1, -0.05) is 24.3 Å². The van der Waals surface area contributed by atoms with Gasteiger partial charge in [0.2, 0.25) is 0 Å². The van der Waals surface area contributed by atoms with E-state index in [0.717, 1.165) is 18.6 Å². The van der Waals surface area contributed by atoms with Gasteiger partial charge in [0.1, 0.15) is 5.75 Å². The zero-order chi connectivity index (χ0) is 15.4. The third kappa shape index (κ3) is 3.85. The minimum atomic E-state index is 0.0893. The number of rotatable bonds is 5. The molecule has 2 N–H and O–H groups in total. The third-order valence-electron chi connectivity index (χ3n) is 4.18. The van der Waals surface area contributed by atoms with Crippen molar-refractivity contribution in [1.82, 2.24) is 0 Å². The van der Waals surface area contributed by atoms with Gasteiger partial charge in [-0.3, -0.25) is 0 Å². The third-order valence-corrected chi connectivity index (χ3v) is 4.18. The van der Waals surface area contributed by atoms with Gasteiger partial charge < -0.3 is 10.5 Å². The van der Waals surface area contributed by atoms with E-state index in [4.69, 9.17) is 10.5 Å². The molecule has 0 saturated carbocycles. The smallest absolute Gasteiger partial charge is 0.118 e. The summed E-state index contributed by atoms with van der Waals surface area (Å²) in [5, 5.41) is 0. The molecule has 0 aliphatic carbocycles. The summed E-state index contributed by atoms with van der Waals surface area (Å²) in [7, 11) is 1.69. The molecule has 0 fully saturated rings. The average Bonchev–Trinajstić information content (AvgIpc) is 2.49. The van der Waals surface area contributed by atoms with Crippen molar-refractivity contribution in [2.45, 2.75) is 39.7 Å². The van der Waals surface area contributed by atoms with Gasteiger partial charge >= 0.3 is 0 Å². The number of aryl methyl sites for hydroxylation is 4. The fraction of sp³-hybridized carbons (Fsp3) is 0.368. The molecule has 2 nitrogen and oxygen atoms in total. The number of ether oxygens (including phenoxy) is 1. The Balaban J connectivity index is 2.04. The van der Waals surface area contributed by atoms with Crippen molar-refractivity contribution in [3.63, 3.8) is 0 Å². The first-order valence-corrected chi connectivity index (χ1v) is 7.47. The molecule has 0 heterocycles. The van der Waals surface area contributed by atoms with Crippen LogP contribution in [0.3, 0.4) is 0 Å². The highest BCUT2D eigenvalue weighted by Crippen LogP contribution is 2.24. The normalized spacial score (nSPS) is 12.2. The standard InChI is InChI=1S/C19H25NO/c1-13-11-15(3)18(12-14(13)2)19(20)10-7-16-5-8-17(21-4)9-6-16/h5-6,8-9,11-12,19H,7,10,20H2,1-4H3. The van der Waals surface area contributed by atoms with Gasteiger partial charge in [0.15, 0.2) is 0 Å². The van der Waals surface area contributed by atoms with Crippen LogP contribution in [-0.2, 0) is 6.42 Å². The molecule has 2 heteroatoms. The summed E-state index contributed by atoms with van der Waals surface area (Å²) in [6, 6.07) is 12.8. The maximum atomic E-state index is 6.39. The number of hydrogen-bond acceptors (Lipinski definition) is 2. The van der Waals surface area contributed by atoms with Gasteiger partial charge in [0.25, 0.3) is 0 Å². The molecule has 112 valence electrons. The Hall–Kier alpha value is -1.80. The number of hydrogen-bond donors (Lipinski definition) is 1. The first-order valence-electron chi connectivity index (χ1n) is 7.47. The summed E-state index contributed by atoms with van der Waals surface area (Å²) in [5.74, 6) is 0.896. The highest BCUT2D eigenvalue weighted by atomic mass is 16.5. The average molecular weight is 283 g/mol. The van der Waals surface area contributed by atoms with Crippen LogP contribution in [-0.4, -0.2) is 7.11 Å². The van der Waals surface area contributed by atoms with E-state index in [1.807, 2.05) is 12.1 Å². The molecule has 0 amide bonds. The van der Waals surface area contributed by atoms with Gasteiger partial charge in [-0.05, 0) is 73.6 Å². The highest BCUT2D eigenvalue weighted by molar-refractivity contribution is 5.38. The van der Waals surface area contributed by atoms with Gasteiger partial charge in [-0.15, -0.1) is 0 Å². The SMILES string of the molecule is COc1ccc(CCC(N)c2cc(C)c(C)cc2C)cc1. The number of methoxy groups -OCH3 is 1. The van der Waals surface area contributed by atoms with Crippen LogP contribution in [0.15, 0.2) is 36.4 Å². The molecule has 0 saturated heterocycles. The van der Waals surface area contributed by atoms with E-state index in [0.29, 0.717) is 0 Å². The summed E-state index contributed by atoms with van der Waals surface area (Å²) in [4.78, 5) is 0. The molecule has 21 heavy (non-hydrogen) atoms. The molecule has 0 aliphatic rings. The van der Waals surface area contributed by atoms with Crippen molar-refractivity contribution in [2.75, 3.05) is 7.11 Å². The lowest BCUT2D eigenvalue weighted by Gasteiger charge is -2.17. The van der Waals surface area contributed by atoms with E-state index < -0.39 is 0 Å². The van der Waals surface area contributed by atoms with Gasteiger partial charge in [-0.2, -0.15) is 0 Å². The fourth-order valence-corrected chi connectivity index (χ4v) is 2.65. The molecule has 1 atom stereocenters. The van der Waals surface area contributed by atoms with Crippen LogP contribution >= 0.6 is 0 Å². The molecular weight excluding hydrogens is 258 g/mol. The summed E-state index contributed by atoms with van der Waals surface area (Å²) < 4.78 is 5.18. The topological polar surface area (TPSA) is 35.2 Å². The van der Waals surface area contributed by atoms with Crippen molar-refractivity contribution >= 4 is 0 Å². The Bertz CT molecular complexity index is 602. The van der Waals surface area contributed by atoms with Crippen LogP contribution in [0.1, 0.15) is 40.3 Å². The van der Waals surface area contributed by atoms with E-state index in [1.165, 1.54) is 27.8 Å². The van der Waals surface area contributed by atoms with Crippen LogP contribution in [0.25, 0.3) is 0 Å². The lowest BCUT2D eigenvalue weighted by atomic mass is 9.93. The van der Waals surface area contributed by atoms with Crippen LogP contribution < -0.4 is 10.5 Å². The molecule has 0 bridgehead atoms. The Labute approximate surface area is 127 Å². The minimum Gasteiger partial charge on any atom is -0.497 e. The molecule has 0 aliphatic heterocycles. The van der Waals surface area contributed by atoms with E-state index in [-0.39, 0.29) is 6.04 Å². The van der Waals surface area contributed by atoms with E-state index >= 15 is 0 Å². The zero-order valence-corrected chi connectivity index (χ0v) is 13.4. The predicted octanol–water partition coefficient (Wildman–Crippen LogP) is 4.25. The molecule has 0 aromatic heterocycles. The second-order valence-electron chi connectivity index (χ2n) is 5.79. The maximum Gasteiger partial charge on any atom is 0.118 e. The lowest BCUT2D eigenvalue weighted by molar-refractivity contribution is 0.414. The number of nitrogens with two attached hydrogens (primary N) is 1. The van der Waals surface area contributed by atoms with Crippen molar-refractivity contribution in [3.05, 3.63) is 64.2 Å². The zero-order valence-electron chi connectivity index (χ0n) is 13.4. The molecule has 2 aromatic carbocycles. The minimum absolute atomic E-state index is 0.0893. The van der Waals surface area contributed by atoms with Gasteiger partial charge in [0.05, 0.1) is 7.11 Å². The van der Waals surface area contributed by atoms with Crippen molar-refractivity contribution < 1.29 is 4.74 Å². The van der Waals surface area contributed by atoms with Crippen LogP contribution in [0.4, 0.5) is 0 Å². The van der Waals surface area contributed by atoms with E-state index in [9.17, 15) is 0 Å². The fourth-order valence-electron chi connectivity index (χ4n) is 2.65. The van der Waals surface area contributed by atoms with Crippen molar-refractivity contribution in [3.8, 4) is 5.75 Å². The molecule has 0 radical (unpaired) electrons. The summed E-state index contributed by atoms with van der Waals surface area (Å²) >= 11 is 0. The monoisotopic (exact) mass is 283 g/mol. The molecule has 2 rings (SSSR count). The number of benzene rings is 2. The Morgan fingerprint density at radius 1 is 0.952 bits per heavy atom. The summed E-state index contributed by atoms with van der Waals surface area (Å²) in [6.07, 6.45) is 1.94.